The van der Waals surface area contributed by atoms with E-state index in [4.69, 9.17) is 0 Å². The summed E-state index contributed by atoms with van der Waals surface area (Å²) in [4.78, 5) is 12.1. The minimum absolute atomic E-state index is 0.0395. The first kappa shape index (κ1) is 15.9. The van der Waals surface area contributed by atoms with E-state index >= 15 is 0 Å². The third-order valence-corrected chi connectivity index (χ3v) is 3.30. The van der Waals surface area contributed by atoms with E-state index in [1.807, 2.05) is 31.2 Å². The fourth-order valence-corrected chi connectivity index (χ4v) is 2.03. The monoisotopic (exact) mass is 304 g/mol. The Morgan fingerprint density at radius 1 is 1.18 bits per heavy atom. The van der Waals surface area contributed by atoms with Crippen molar-refractivity contribution in [2.45, 2.75) is 26.3 Å². The number of amides is 1. The Morgan fingerprint density at radius 3 is 2.64 bits per heavy atom. The highest BCUT2D eigenvalue weighted by Crippen LogP contribution is 2.16. The fraction of sp³-hybridized carbons (Fsp3) is 0.235. The quantitative estimate of drug-likeness (QED) is 0.877. The fourth-order valence-electron chi connectivity index (χ4n) is 2.03. The maximum atomic E-state index is 13.5. The molecule has 0 fully saturated rings. The highest BCUT2D eigenvalue weighted by atomic mass is 19.1. The highest BCUT2D eigenvalue weighted by Gasteiger charge is 2.15. The van der Waals surface area contributed by atoms with Crippen LogP contribution in [-0.4, -0.2) is 11.9 Å². The van der Waals surface area contributed by atoms with Crippen LogP contribution in [0.3, 0.4) is 0 Å². The number of hydrogen-bond acceptors (Lipinski definition) is 2. The van der Waals surface area contributed by atoms with Crippen LogP contribution in [-0.2, 0) is 11.2 Å². The lowest BCUT2D eigenvalue weighted by molar-refractivity contribution is -0.116. The molecule has 0 aliphatic heterocycles. The molecule has 116 valence electrons. The third-order valence-electron chi connectivity index (χ3n) is 3.30. The van der Waals surface area contributed by atoms with Gasteiger partial charge < -0.3 is 10.6 Å². The molecule has 1 amide bonds. The number of benzene rings is 2. The van der Waals surface area contributed by atoms with Crippen LogP contribution in [0, 0.1) is 11.6 Å². The molecule has 0 heterocycles. The zero-order chi connectivity index (χ0) is 16.1. The SMILES string of the molecule is CCc1cccc(N[C@H](C)C(=O)Nc2ccc(F)cc2F)c1. The predicted molar refractivity (Wildman–Crippen MR) is 83.9 cm³/mol. The zero-order valence-electron chi connectivity index (χ0n) is 12.5. The van der Waals surface area contributed by atoms with Gasteiger partial charge in [-0.2, -0.15) is 0 Å². The number of aryl methyl sites for hydroxylation is 1. The van der Waals surface area contributed by atoms with Gasteiger partial charge in [0, 0.05) is 11.8 Å². The number of nitrogens with one attached hydrogen (secondary N) is 2. The minimum Gasteiger partial charge on any atom is -0.374 e. The summed E-state index contributed by atoms with van der Waals surface area (Å²) in [7, 11) is 0. The Bertz CT molecular complexity index is 673. The van der Waals surface area contributed by atoms with Crippen LogP contribution in [0.15, 0.2) is 42.5 Å². The Hall–Kier alpha value is -2.43. The molecule has 0 aliphatic rings. The number of carbonyl (C=O) groups excluding carboxylic acids is 1. The van der Waals surface area contributed by atoms with E-state index in [1.54, 1.807) is 6.92 Å². The molecule has 0 spiro atoms. The third kappa shape index (κ3) is 4.04. The van der Waals surface area contributed by atoms with Gasteiger partial charge in [0.15, 0.2) is 0 Å². The Labute approximate surface area is 128 Å². The van der Waals surface area contributed by atoms with Crippen molar-refractivity contribution in [3.63, 3.8) is 0 Å². The van der Waals surface area contributed by atoms with Crippen molar-refractivity contribution in [2.75, 3.05) is 10.6 Å². The van der Waals surface area contributed by atoms with Gasteiger partial charge in [0.25, 0.3) is 0 Å². The maximum Gasteiger partial charge on any atom is 0.246 e. The zero-order valence-corrected chi connectivity index (χ0v) is 12.5. The first-order chi connectivity index (χ1) is 10.5. The number of hydrogen-bond donors (Lipinski definition) is 2. The van der Waals surface area contributed by atoms with E-state index in [-0.39, 0.29) is 5.69 Å². The van der Waals surface area contributed by atoms with Crippen LogP contribution in [0.1, 0.15) is 19.4 Å². The van der Waals surface area contributed by atoms with E-state index in [2.05, 4.69) is 10.6 Å². The van der Waals surface area contributed by atoms with Gasteiger partial charge in [0.1, 0.15) is 17.7 Å². The van der Waals surface area contributed by atoms with Crippen LogP contribution in [0.2, 0.25) is 0 Å². The molecule has 2 rings (SSSR count). The van der Waals surface area contributed by atoms with Gasteiger partial charge in [-0.05, 0) is 43.2 Å². The molecule has 3 nitrogen and oxygen atoms in total. The molecule has 2 aromatic carbocycles. The molecule has 1 atom stereocenters. The largest absolute Gasteiger partial charge is 0.374 e. The number of halogens is 2. The molecule has 22 heavy (non-hydrogen) atoms. The average molecular weight is 304 g/mol. The molecule has 5 heteroatoms. The first-order valence-corrected chi connectivity index (χ1v) is 7.11. The Morgan fingerprint density at radius 2 is 1.95 bits per heavy atom. The van der Waals surface area contributed by atoms with Gasteiger partial charge in [-0.15, -0.1) is 0 Å². The van der Waals surface area contributed by atoms with Crippen LogP contribution in [0.25, 0.3) is 0 Å². The van der Waals surface area contributed by atoms with Gasteiger partial charge in [-0.25, -0.2) is 8.78 Å². The lowest BCUT2D eigenvalue weighted by Gasteiger charge is -2.16. The minimum atomic E-state index is -0.798. The maximum absolute atomic E-state index is 13.5. The standard InChI is InChI=1S/C17H18F2N2O/c1-3-12-5-4-6-14(9-12)20-11(2)17(22)21-16-8-7-13(18)10-15(16)19/h4-11,20H,3H2,1-2H3,(H,21,22)/t11-/m1/s1. The van der Waals surface area contributed by atoms with Crippen molar-refractivity contribution in [3.05, 3.63) is 59.7 Å². The molecule has 0 unspecified atom stereocenters. The number of carbonyl (C=O) groups is 1. The van der Waals surface area contributed by atoms with Crippen LogP contribution in [0.4, 0.5) is 20.2 Å². The van der Waals surface area contributed by atoms with Crippen molar-refractivity contribution < 1.29 is 13.6 Å². The summed E-state index contributed by atoms with van der Waals surface area (Å²) in [5.41, 5.74) is 1.94. The van der Waals surface area contributed by atoms with Gasteiger partial charge in [-0.1, -0.05) is 19.1 Å². The second kappa shape index (κ2) is 7.02. The van der Waals surface area contributed by atoms with Crippen molar-refractivity contribution in [1.29, 1.82) is 0 Å². The summed E-state index contributed by atoms with van der Waals surface area (Å²) in [6, 6.07) is 10.2. The van der Waals surface area contributed by atoms with Gasteiger partial charge in [-0.3, -0.25) is 4.79 Å². The predicted octanol–water partition coefficient (Wildman–Crippen LogP) is 3.97. The normalized spacial score (nSPS) is 11.8. The van der Waals surface area contributed by atoms with Gasteiger partial charge in [0.2, 0.25) is 5.91 Å². The summed E-state index contributed by atoms with van der Waals surface area (Å²) in [5.74, 6) is -1.88. The van der Waals surface area contributed by atoms with E-state index < -0.39 is 23.6 Å². The van der Waals surface area contributed by atoms with Crippen molar-refractivity contribution in [1.82, 2.24) is 0 Å². The van der Waals surface area contributed by atoms with Crippen molar-refractivity contribution >= 4 is 17.3 Å². The lowest BCUT2D eigenvalue weighted by Crippen LogP contribution is -2.32. The lowest BCUT2D eigenvalue weighted by atomic mass is 10.1. The number of rotatable bonds is 5. The molecule has 0 radical (unpaired) electrons. The molecule has 0 aromatic heterocycles. The van der Waals surface area contributed by atoms with E-state index in [0.29, 0.717) is 0 Å². The summed E-state index contributed by atoms with van der Waals surface area (Å²) in [5, 5.41) is 5.50. The van der Waals surface area contributed by atoms with Gasteiger partial charge in [0.05, 0.1) is 5.69 Å². The van der Waals surface area contributed by atoms with Crippen molar-refractivity contribution in [2.24, 2.45) is 0 Å². The molecule has 2 aromatic rings. The molecule has 0 saturated heterocycles. The molecular weight excluding hydrogens is 286 g/mol. The highest BCUT2D eigenvalue weighted by molar-refractivity contribution is 5.96. The molecule has 0 saturated carbocycles. The Kier molecular flexibility index (Phi) is 5.09. The van der Waals surface area contributed by atoms with E-state index in [1.165, 1.54) is 6.07 Å². The molecule has 0 bridgehead atoms. The van der Waals surface area contributed by atoms with Crippen molar-refractivity contribution in [3.8, 4) is 0 Å². The topological polar surface area (TPSA) is 41.1 Å². The van der Waals surface area contributed by atoms with E-state index in [9.17, 15) is 13.6 Å². The molecular formula is C17H18F2N2O. The van der Waals surface area contributed by atoms with E-state index in [0.717, 1.165) is 29.8 Å². The smallest absolute Gasteiger partial charge is 0.246 e. The van der Waals surface area contributed by atoms with Gasteiger partial charge >= 0.3 is 0 Å². The van der Waals surface area contributed by atoms with Crippen LogP contribution in [0.5, 0.6) is 0 Å². The summed E-state index contributed by atoms with van der Waals surface area (Å²) < 4.78 is 26.4. The molecule has 0 aliphatic carbocycles. The average Bonchev–Trinajstić information content (AvgIpc) is 2.50. The Balaban J connectivity index is 2.02. The second-order valence-corrected chi connectivity index (χ2v) is 5.03. The summed E-state index contributed by atoms with van der Waals surface area (Å²) in [6.45, 7) is 3.72. The van der Waals surface area contributed by atoms with Crippen LogP contribution < -0.4 is 10.6 Å². The summed E-state index contributed by atoms with van der Waals surface area (Å²) in [6.07, 6.45) is 0.900. The summed E-state index contributed by atoms with van der Waals surface area (Å²) >= 11 is 0. The first-order valence-electron chi connectivity index (χ1n) is 7.11. The second-order valence-electron chi connectivity index (χ2n) is 5.03. The number of anilines is 2. The molecule has 2 N–H and O–H groups in total. The van der Waals surface area contributed by atoms with Crippen LogP contribution >= 0.6 is 0 Å².